The summed E-state index contributed by atoms with van der Waals surface area (Å²) in [6.45, 7) is 3.80. The van der Waals surface area contributed by atoms with Crippen LogP contribution in [0.1, 0.15) is 48.5 Å². The van der Waals surface area contributed by atoms with Crippen molar-refractivity contribution in [3.05, 3.63) is 100 Å². The van der Waals surface area contributed by atoms with E-state index in [1.165, 1.54) is 0 Å². The number of allylic oxidation sites excluding steroid dienone is 3. The van der Waals surface area contributed by atoms with Gasteiger partial charge in [-0.25, -0.2) is 4.98 Å². The predicted molar refractivity (Wildman–Crippen MR) is 132 cm³/mol. The molecule has 0 radical (unpaired) electrons. The van der Waals surface area contributed by atoms with Crippen molar-refractivity contribution in [2.75, 3.05) is 12.4 Å². The third-order valence-electron chi connectivity index (χ3n) is 6.62. The van der Waals surface area contributed by atoms with Crippen molar-refractivity contribution in [2.45, 2.75) is 38.5 Å². The number of anilines is 1. The maximum atomic E-state index is 13.6. The van der Waals surface area contributed by atoms with Gasteiger partial charge in [-0.1, -0.05) is 24.3 Å². The first-order valence-electron chi connectivity index (χ1n) is 11.6. The Balaban J connectivity index is 1.59. The molecule has 35 heavy (non-hydrogen) atoms. The summed E-state index contributed by atoms with van der Waals surface area (Å²) >= 11 is 0. The molecular formula is C28H27N3O4. The summed E-state index contributed by atoms with van der Waals surface area (Å²) < 4.78 is 11.3. The van der Waals surface area contributed by atoms with Gasteiger partial charge in [-0.05, 0) is 50.1 Å². The number of methoxy groups -OCH3 is 1. The summed E-state index contributed by atoms with van der Waals surface area (Å²) in [5.74, 6) is 0.916. The number of nitrogens with zero attached hydrogens (tertiary/aromatic N) is 1. The lowest BCUT2D eigenvalue weighted by Gasteiger charge is -2.36. The van der Waals surface area contributed by atoms with Gasteiger partial charge in [0.25, 0.3) is 5.91 Å². The van der Waals surface area contributed by atoms with Crippen LogP contribution in [-0.4, -0.2) is 23.8 Å². The SMILES string of the molecule is COc1ccccc1[C@H]1C(C(=O)Nc2ccc(C)cn2)=C(C)NC2=C1C(=O)C[C@@H](c1ccco1)C2. The number of benzene rings is 1. The molecule has 178 valence electrons. The van der Waals surface area contributed by atoms with E-state index < -0.39 is 5.92 Å². The Bertz CT molecular complexity index is 1340. The maximum absolute atomic E-state index is 13.6. The Morgan fingerprint density at radius 2 is 1.94 bits per heavy atom. The molecule has 2 atom stereocenters. The van der Waals surface area contributed by atoms with Gasteiger partial charge >= 0.3 is 0 Å². The number of hydrogen-bond acceptors (Lipinski definition) is 6. The van der Waals surface area contributed by atoms with E-state index in [4.69, 9.17) is 9.15 Å². The minimum atomic E-state index is -0.571. The lowest BCUT2D eigenvalue weighted by molar-refractivity contribution is -0.116. The highest BCUT2D eigenvalue weighted by atomic mass is 16.5. The fourth-order valence-corrected chi connectivity index (χ4v) is 5.01. The molecule has 0 saturated carbocycles. The van der Waals surface area contributed by atoms with E-state index in [9.17, 15) is 9.59 Å². The van der Waals surface area contributed by atoms with Crippen LogP contribution in [0.15, 0.2) is 87.9 Å². The minimum Gasteiger partial charge on any atom is -0.496 e. The van der Waals surface area contributed by atoms with Gasteiger partial charge in [0.1, 0.15) is 17.3 Å². The van der Waals surface area contributed by atoms with Crippen LogP contribution in [-0.2, 0) is 9.59 Å². The quantitative estimate of drug-likeness (QED) is 0.547. The van der Waals surface area contributed by atoms with E-state index in [-0.39, 0.29) is 17.6 Å². The first-order valence-corrected chi connectivity index (χ1v) is 11.6. The standard InChI is InChI=1S/C28H27N3O4/c1-16-10-11-24(29-15-16)31-28(33)25-17(2)30-20-13-18(22-9-6-12-35-22)14-21(32)27(20)26(25)19-7-4-5-8-23(19)34-3/h4-12,15,18,26,30H,13-14H2,1-3H3,(H,29,31,33)/t18-,26-/m0/s1. The second-order valence-corrected chi connectivity index (χ2v) is 8.95. The van der Waals surface area contributed by atoms with E-state index >= 15 is 0 Å². The largest absolute Gasteiger partial charge is 0.496 e. The van der Waals surface area contributed by atoms with Gasteiger partial charge in [0.2, 0.25) is 0 Å². The van der Waals surface area contributed by atoms with E-state index in [0.717, 1.165) is 22.6 Å². The molecule has 0 saturated heterocycles. The minimum absolute atomic E-state index is 0.0117. The van der Waals surface area contributed by atoms with Gasteiger partial charge in [0, 0.05) is 46.6 Å². The number of aryl methyl sites for hydroxylation is 1. The summed E-state index contributed by atoms with van der Waals surface area (Å²) in [6, 6.07) is 14.9. The molecule has 0 spiro atoms. The molecule has 7 heteroatoms. The van der Waals surface area contributed by atoms with E-state index in [1.807, 2.05) is 56.3 Å². The fourth-order valence-electron chi connectivity index (χ4n) is 5.01. The number of furan rings is 1. The number of ketones is 1. The molecule has 7 nitrogen and oxygen atoms in total. The molecule has 5 rings (SSSR count). The van der Waals surface area contributed by atoms with Crippen molar-refractivity contribution >= 4 is 17.5 Å². The van der Waals surface area contributed by atoms with E-state index in [1.54, 1.807) is 25.6 Å². The van der Waals surface area contributed by atoms with Crippen molar-refractivity contribution in [3.63, 3.8) is 0 Å². The first-order chi connectivity index (χ1) is 17.0. The molecule has 1 aliphatic heterocycles. The number of ether oxygens (including phenoxy) is 1. The van der Waals surface area contributed by atoms with Gasteiger partial charge in [-0.15, -0.1) is 0 Å². The van der Waals surface area contributed by atoms with Crippen LogP contribution in [0.4, 0.5) is 5.82 Å². The third-order valence-corrected chi connectivity index (χ3v) is 6.62. The third kappa shape index (κ3) is 4.25. The van der Waals surface area contributed by atoms with Crippen molar-refractivity contribution in [2.24, 2.45) is 0 Å². The number of nitrogens with one attached hydrogen (secondary N) is 2. The maximum Gasteiger partial charge on any atom is 0.255 e. The smallest absolute Gasteiger partial charge is 0.255 e. The fraction of sp³-hybridized carbons (Fsp3) is 0.250. The molecule has 0 fully saturated rings. The van der Waals surface area contributed by atoms with E-state index in [0.29, 0.717) is 41.3 Å². The van der Waals surface area contributed by atoms with Crippen molar-refractivity contribution in [3.8, 4) is 5.75 Å². The van der Waals surface area contributed by atoms with Crippen LogP contribution < -0.4 is 15.4 Å². The summed E-state index contributed by atoms with van der Waals surface area (Å²) in [7, 11) is 1.59. The predicted octanol–water partition coefficient (Wildman–Crippen LogP) is 4.99. The van der Waals surface area contributed by atoms with Gasteiger partial charge in [0.15, 0.2) is 5.78 Å². The number of carbonyl (C=O) groups is 2. The Labute approximate surface area is 203 Å². The normalized spacial score (nSPS) is 19.8. The number of aromatic nitrogens is 1. The summed E-state index contributed by atoms with van der Waals surface area (Å²) in [4.78, 5) is 31.6. The van der Waals surface area contributed by atoms with Gasteiger partial charge < -0.3 is 19.8 Å². The summed E-state index contributed by atoms with van der Waals surface area (Å²) in [5.41, 5.74) is 4.36. The number of carbonyl (C=O) groups excluding carboxylic acids is 2. The highest BCUT2D eigenvalue weighted by molar-refractivity contribution is 6.09. The molecule has 2 aromatic heterocycles. The second kappa shape index (κ2) is 9.25. The number of para-hydroxylation sites is 1. The van der Waals surface area contributed by atoms with Crippen molar-refractivity contribution in [1.82, 2.24) is 10.3 Å². The number of dihydropyridines is 1. The highest BCUT2D eigenvalue weighted by Crippen LogP contribution is 2.47. The zero-order chi connectivity index (χ0) is 24.5. The zero-order valence-electron chi connectivity index (χ0n) is 19.9. The van der Waals surface area contributed by atoms with Crippen LogP contribution in [0, 0.1) is 6.92 Å². The first kappa shape index (κ1) is 22.7. The molecular weight excluding hydrogens is 442 g/mol. The summed E-state index contributed by atoms with van der Waals surface area (Å²) in [6.07, 6.45) is 4.26. The Morgan fingerprint density at radius 1 is 1.11 bits per heavy atom. The van der Waals surface area contributed by atoms with Crippen LogP contribution in [0.3, 0.4) is 0 Å². The topological polar surface area (TPSA) is 93.5 Å². The summed E-state index contributed by atoms with van der Waals surface area (Å²) in [5, 5.41) is 6.29. The number of hydrogen-bond donors (Lipinski definition) is 2. The zero-order valence-corrected chi connectivity index (χ0v) is 19.9. The van der Waals surface area contributed by atoms with Crippen LogP contribution in [0.25, 0.3) is 0 Å². The van der Waals surface area contributed by atoms with Crippen molar-refractivity contribution < 1.29 is 18.7 Å². The molecule has 2 aliphatic rings. The average molecular weight is 470 g/mol. The highest BCUT2D eigenvalue weighted by Gasteiger charge is 2.42. The lowest BCUT2D eigenvalue weighted by Crippen LogP contribution is -2.37. The Kier molecular flexibility index (Phi) is 5.99. The number of Topliss-reactive ketones (excluding diaryl/α,β-unsaturated/α-hetero) is 1. The van der Waals surface area contributed by atoms with Crippen LogP contribution in [0.2, 0.25) is 0 Å². The van der Waals surface area contributed by atoms with Gasteiger partial charge in [-0.2, -0.15) is 0 Å². The second-order valence-electron chi connectivity index (χ2n) is 8.95. The van der Waals surface area contributed by atoms with E-state index in [2.05, 4.69) is 15.6 Å². The molecule has 0 bridgehead atoms. The lowest BCUT2D eigenvalue weighted by atomic mass is 9.72. The van der Waals surface area contributed by atoms with Gasteiger partial charge in [0.05, 0.1) is 19.3 Å². The molecule has 0 unspecified atom stereocenters. The molecule has 3 heterocycles. The number of rotatable bonds is 5. The Hall–Kier alpha value is -4.13. The number of pyridine rings is 1. The Morgan fingerprint density at radius 3 is 2.66 bits per heavy atom. The van der Waals surface area contributed by atoms with Gasteiger partial charge in [-0.3, -0.25) is 9.59 Å². The molecule has 2 N–H and O–H groups in total. The molecule has 3 aromatic rings. The number of amides is 1. The monoisotopic (exact) mass is 469 g/mol. The van der Waals surface area contributed by atoms with Crippen LogP contribution >= 0.6 is 0 Å². The average Bonchev–Trinajstić information content (AvgIpc) is 3.39. The molecule has 1 aromatic carbocycles. The van der Waals surface area contributed by atoms with Crippen molar-refractivity contribution in [1.29, 1.82) is 0 Å². The molecule has 1 amide bonds. The molecule has 1 aliphatic carbocycles. The van der Waals surface area contributed by atoms with Crippen LogP contribution in [0.5, 0.6) is 5.75 Å².